The molecule has 19 heavy (non-hydrogen) atoms. The van der Waals surface area contributed by atoms with Gasteiger partial charge in [0, 0.05) is 11.8 Å². The first-order chi connectivity index (χ1) is 9.08. The average Bonchev–Trinajstić information content (AvgIpc) is 2.38. The standard InChI is InChI=1S/C15H24FNOS/c1-5-8-17-14(10-19-11(2)3)12-6-7-15(18-4)13(16)9-12/h6-7,9,11,14,17H,5,8,10H2,1-4H3. The Hall–Kier alpha value is -0.740. The second kappa shape index (κ2) is 8.43. The fraction of sp³-hybridized carbons (Fsp3) is 0.600. The Balaban J connectivity index is 2.80. The zero-order valence-corrected chi connectivity index (χ0v) is 13.0. The van der Waals surface area contributed by atoms with Crippen LogP contribution in [0.1, 0.15) is 38.8 Å². The number of rotatable bonds is 8. The molecule has 1 unspecified atom stereocenters. The van der Waals surface area contributed by atoms with Crippen LogP contribution in [-0.2, 0) is 0 Å². The van der Waals surface area contributed by atoms with Gasteiger partial charge in [-0.3, -0.25) is 0 Å². The van der Waals surface area contributed by atoms with Crippen molar-refractivity contribution >= 4 is 11.8 Å². The van der Waals surface area contributed by atoms with Crippen molar-refractivity contribution < 1.29 is 9.13 Å². The van der Waals surface area contributed by atoms with E-state index in [9.17, 15) is 4.39 Å². The topological polar surface area (TPSA) is 21.3 Å². The lowest BCUT2D eigenvalue weighted by atomic mass is 10.1. The molecule has 0 aromatic heterocycles. The van der Waals surface area contributed by atoms with Crippen molar-refractivity contribution in [3.8, 4) is 5.75 Å². The highest BCUT2D eigenvalue weighted by molar-refractivity contribution is 7.99. The molecular weight excluding hydrogens is 261 g/mol. The zero-order chi connectivity index (χ0) is 14.3. The van der Waals surface area contributed by atoms with E-state index in [1.807, 2.05) is 17.8 Å². The van der Waals surface area contributed by atoms with E-state index in [2.05, 4.69) is 26.1 Å². The summed E-state index contributed by atoms with van der Waals surface area (Å²) in [5.41, 5.74) is 0.986. The fourth-order valence-electron chi connectivity index (χ4n) is 1.78. The lowest BCUT2D eigenvalue weighted by molar-refractivity contribution is 0.385. The van der Waals surface area contributed by atoms with Crippen molar-refractivity contribution in [3.63, 3.8) is 0 Å². The first-order valence-electron chi connectivity index (χ1n) is 6.76. The molecule has 0 saturated carbocycles. The van der Waals surface area contributed by atoms with Crippen LogP contribution in [0.15, 0.2) is 18.2 Å². The first-order valence-corrected chi connectivity index (χ1v) is 7.81. The molecule has 0 fully saturated rings. The number of nitrogens with one attached hydrogen (secondary N) is 1. The minimum atomic E-state index is -0.294. The summed E-state index contributed by atoms with van der Waals surface area (Å²) >= 11 is 1.88. The summed E-state index contributed by atoms with van der Waals surface area (Å²) in [6.07, 6.45) is 1.07. The van der Waals surface area contributed by atoms with Crippen molar-refractivity contribution in [2.24, 2.45) is 0 Å². The molecule has 0 amide bonds. The third-order valence-electron chi connectivity index (χ3n) is 2.82. The van der Waals surface area contributed by atoms with Crippen LogP contribution >= 0.6 is 11.8 Å². The van der Waals surface area contributed by atoms with E-state index in [0.717, 1.165) is 24.3 Å². The monoisotopic (exact) mass is 285 g/mol. The summed E-state index contributed by atoms with van der Waals surface area (Å²) in [6.45, 7) is 7.43. The third-order valence-corrected chi connectivity index (χ3v) is 4.01. The Kier molecular flexibility index (Phi) is 7.24. The molecule has 0 spiro atoms. The predicted octanol–water partition coefficient (Wildman–Crippen LogP) is 4.02. The van der Waals surface area contributed by atoms with Crippen molar-refractivity contribution in [2.45, 2.75) is 38.5 Å². The summed E-state index contributed by atoms with van der Waals surface area (Å²) in [5, 5.41) is 4.06. The van der Waals surface area contributed by atoms with Crippen LogP contribution in [-0.4, -0.2) is 24.7 Å². The lowest BCUT2D eigenvalue weighted by Crippen LogP contribution is -2.24. The van der Waals surface area contributed by atoms with Gasteiger partial charge >= 0.3 is 0 Å². The largest absolute Gasteiger partial charge is 0.494 e. The molecule has 108 valence electrons. The minimum absolute atomic E-state index is 0.188. The molecule has 0 radical (unpaired) electrons. The number of benzene rings is 1. The van der Waals surface area contributed by atoms with Gasteiger partial charge in [0.25, 0.3) is 0 Å². The molecule has 2 nitrogen and oxygen atoms in total. The maximum Gasteiger partial charge on any atom is 0.165 e. The second-order valence-electron chi connectivity index (χ2n) is 4.78. The smallest absolute Gasteiger partial charge is 0.165 e. The van der Waals surface area contributed by atoms with Gasteiger partial charge in [-0.25, -0.2) is 4.39 Å². The molecule has 0 aliphatic carbocycles. The van der Waals surface area contributed by atoms with Gasteiger partial charge in [-0.1, -0.05) is 26.8 Å². The van der Waals surface area contributed by atoms with Gasteiger partial charge in [0.05, 0.1) is 7.11 Å². The van der Waals surface area contributed by atoms with Crippen molar-refractivity contribution in [1.29, 1.82) is 0 Å². The number of hydrogen-bond donors (Lipinski definition) is 1. The molecule has 1 N–H and O–H groups in total. The normalized spacial score (nSPS) is 12.7. The average molecular weight is 285 g/mol. The Morgan fingerprint density at radius 2 is 2.11 bits per heavy atom. The highest BCUT2D eigenvalue weighted by Crippen LogP contribution is 2.25. The van der Waals surface area contributed by atoms with Crippen molar-refractivity contribution in [2.75, 3.05) is 19.4 Å². The number of halogens is 1. The Morgan fingerprint density at radius 1 is 1.37 bits per heavy atom. The molecule has 4 heteroatoms. The number of ether oxygens (including phenoxy) is 1. The van der Waals surface area contributed by atoms with Gasteiger partial charge in [-0.15, -0.1) is 0 Å². The molecule has 1 aromatic rings. The number of thioether (sulfide) groups is 1. The highest BCUT2D eigenvalue weighted by atomic mass is 32.2. The predicted molar refractivity (Wildman–Crippen MR) is 81.6 cm³/mol. The molecule has 0 aliphatic rings. The first kappa shape index (κ1) is 16.3. The Morgan fingerprint density at radius 3 is 2.63 bits per heavy atom. The maximum absolute atomic E-state index is 13.8. The lowest BCUT2D eigenvalue weighted by Gasteiger charge is -2.20. The van der Waals surface area contributed by atoms with Gasteiger partial charge in [-0.05, 0) is 35.9 Å². The summed E-state index contributed by atoms with van der Waals surface area (Å²) in [5.74, 6) is 0.955. The van der Waals surface area contributed by atoms with E-state index in [-0.39, 0.29) is 11.9 Å². The summed E-state index contributed by atoms with van der Waals surface area (Å²) in [6, 6.07) is 5.40. The van der Waals surface area contributed by atoms with E-state index in [1.165, 1.54) is 7.11 Å². The highest BCUT2D eigenvalue weighted by Gasteiger charge is 2.14. The minimum Gasteiger partial charge on any atom is -0.494 e. The number of methoxy groups -OCH3 is 1. The van der Waals surface area contributed by atoms with Crippen LogP contribution < -0.4 is 10.1 Å². The molecule has 0 bridgehead atoms. The van der Waals surface area contributed by atoms with E-state index < -0.39 is 0 Å². The van der Waals surface area contributed by atoms with Gasteiger partial charge in [0.2, 0.25) is 0 Å². The zero-order valence-electron chi connectivity index (χ0n) is 12.2. The molecule has 1 rings (SSSR count). The van der Waals surface area contributed by atoms with Crippen LogP contribution in [0.25, 0.3) is 0 Å². The van der Waals surface area contributed by atoms with E-state index >= 15 is 0 Å². The van der Waals surface area contributed by atoms with E-state index in [4.69, 9.17) is 4.74 Å². The second-order valence-corrected chi connectivity index (χ2v) is 6.39. The Labute approximate surface area is 120 Å². The fourth-order valence-corrected chi connectivity index (χ4v) is 2.67. The quantitative estimate of drug-likeness (QED) is 0.779. The van der Waals surface area contributed by atoms with Crippen LogP contribution in [0, 0.1) is 5.82 Å². The van der Waals surface area contributed by atoms with Gasteiger partial charge in [0.15, 0.2) is 11.6 Å². The van der Waals surface area contributed by atoms with Crippen LogP contribution in [0.3, 0.4) is 0 Å². The Bertz CT molecular complexity index is 384. The SMILES string of the molecule is CCCNC(CSC(C)C)c1ccc(OC)c(F)c1. The summed E-state index contributed by atoms with van der Waals surface area (Å²) < 4.78 is 18.7. The maximum atomic E-state index is 13.8. The number of hydrogen-bond acceptors (Lipinski definition) is 3. The molecule has 1 aromatic carbocycles. The van der Waals surface area contributed by atoms with Gasteiger partial charge in [-0.2, -0.15) is 11.8 Å². The summed E-state index contributed by atoms with van der Waals surface area (Å²) in [7, 11) is 1.49. The van der Waals surface area contributed by atoms with E-state index in [1.54, 1.807) is 12.1 Å². The van der Waals surface area contributed by atoms with Crippen molar-refractivity contribution in [1.82, 2.24) is 5.32 Å². The molecule has 1 atom stereocenters. The summed E-state index contributed by atoms with van der Waals surface area (Å²) in [4.78, 5) is 0. The van der Waals surface area contributed by atoms with E-state index in [0.29, 0.717) is 11.0 Å². The molecule has 0 saturated heterocycles. The molecule has 0 heterocycles. The third kappa shape index (κ3) is 5.41. The molecular formula is C15H24FNOS. The molecule has 0 aliphatic heterocycles. The van der Waals surface area contributed by atoms with Crippen LogP contribution in [0.2, 0.25) is 0 Å². The van der Waals surface area contributed by atoms with Crippen LogP contribution in [0.5, 0.6) is 5.75 Å². The van der Waals surface area contributed by atoms with Crippen molar-refractivity contribution in [3.05, 3.63) is 29.6 Å². The van der Waals surface area contributed by atoms with Crippen LogP contribution in [0.4, 0.5) is 4.39 Å². The van der Waals surface area contributed by atoms with Gasteiger partial charge in [0.1, 0.15) is 0 Å². The van der Waals surface area contributed by atoms with Gasteiger partial charge < -0.3 is 10.1 Å².